The van der Waals surface area contributed by atoms with Gasteiger partial charge in [0, 0.05) is 4.43 Å². The minimum atomic E-state index is -0.0175. The van der Waals surface area contributed by atoms with E-state index in [0.29, 0.717) is 6.61 Å². The zero-order chi connectivity index (χ0) is 9.73. The highest BCUT2D eigenvalue weighted by Crippen LogP contribution is 2.15. The van der Waals surface area contributed by atoms with Crippen molar-refractivity contribution in [2.45, 2.75) is 26.1 Å². The van der Waals surface area contributed by atoms with E-state index in [1.807, 2.05) is 18.2 Å². The van der Waals surface area contributed by atoms with E-state index in [-0.39, 0.29) is 5.60 Å². The molecule has 0 bridgehead atoms. The third-order valence-corrected chi connectivity index (χ3v) is 3.63. The van der Waals surface area contributed by atoms with E-state index in [1.165, 1.54) is 5.56 Å². The summed E-state index contributed by atoms with van der Waals surface area (Å²) in [4.78, 5) is 0. The second-order valence-corrected chi connectivity index (χ2v) is 4.43. The molecule has 0 spiro atoms. The molecule has 0 aliphatic carbocycles. The van der Waals surface area contributed by atoms with Gasteiger partial charge in [0.2, 0.25) is 0 Å². The standard InChI is InChI=1S/C11H15IO/c1-11(2,9-12)13-8-10-6-4-3-5-7-10/h3-7H,8-9H2,1-2H3. The first-order chi connectivity index (χ1) is 6.14. The molecule has 1 rings (SSSR count). The van der Waals surface area contributed by atoms with Crippen molar-refractivity contribution >= 4 is 22.6 Å². The molecule has 0 radical (unpaired) electrons. The summed E-state index contributed by atoms with van der Waals surface area (Å²) in [5.41, 5.74) is 1.22. The summed E-state index contributed by atoms with van der Waals surface area (Å²) in [5.74, 6) is 0. The van der Waals surface area contributed by atoms with Gasteiger partial charge in [-0.05, 0) is 19.4 Å². The van der Waals surface area contributed by atoms with Gasteiger partial charge >= 0.3 is 0 Å². The smallest absolute Gasteiger partial charge is 0.0724 e. The first-order valence-electron chi connectivity index (χ1n) is 4.38. The Morgan fingerprint density at radius 2 is 1.85 bits per heavy atom. The van der Waals surface area contributed by atoms with Gasteiger partial charge in [0.15, 0.2) is 0 Å². The van der Waals surface area contributed by atoms with Gasteiger partial charge in [0.1, 0.15) is 0 Å². The number of halogens is 1. The first kappa shape index (κ1) is 11.0. The summed E-state index contributed by atoms with van der Waals surface area (Å²) < 4.78 is 6.77. The van der Waals surface area contributed by atoms with E-state index in [4.69, 9.17) is 4.74 Å². The molecule has 0 amide bonds. The third kappa shape index (κ3) is 4.09. The molecule has 0 N–H and O–H groups in total. The molecule has 0 aromatic heterocycles. The number of hydrogen-bond acceptors (Lipinski definition) is 1. The summed E-state index contributed by atoms with van der Waals surface area (Å²) in [6.45, 7) is 4.93. The summed E-state index contributed by atoms with van der Waals surface area (Å²) >= 11 is 2.35. The largest absolute Gasteiger partial charge is 0.370 e. The van der Waals surface area contributed by atoms with Crippen LogP contribution in [0.3, 0.4) is 0 Å². The van der Waals surface area contributed by atoms with E-state index in [9.17, 15) is 0 Å². The van der Waals surface area contributed by atoms with Crippen molar-refractivity contribution in [2.75, 3.05) is 4.43 Å². The van der Waals surface area contributed by atoms with Crippen LogP contribution in [-0.2, 0) is 11.3 Å². The molecule has 2 heteroatoms. The summed E-state index contributed by atoms with van der Waals surface area (Å²) in [7, 11) is 0. The Labute approximate surface area is 93.6 Å². The Balaban J connectivity index is 2.44. The van der Waals surface area contributed by atoms with Crippen molar-refractivity contribution in [1.29, 1.82) is 0 Å². The highest BCUT2D eigenvalue weighted by Gasteiger charge is 2.15. The average molecular weight is 290 g/mol. The molecule has 13 heavy (non-hydrogen) atoms. The minimum absolute atomic E-state index is 0.0175. The van der Waals surface area contributed by atoms with Gasteiger partial charge in [-0.2, -0.15) is 0 Å². The molecule has 0 unspecified atom stereocenters. The van der Waals surface area contributed by atoms with E-state index >= 15 is 0 Å². The van der Waals surface area contributed by atoms with Crippen LogP contribution >= 0.6 is 22.6 Å². The summed E-state index contributed by atoms with van der Waals surface area (Å²) in [5, 5.41) is 0. The lowest BCUT2D eigenvalue weighted by Crippen LogP contribution is -2.25. The van der Waals surface area contributed by atoms with Gasteiger partial charge in [0.25, 0.3) is 0 Å². The van der Waals surface area contributed by atoms with Crippen LogP contribution < -0.4 is 0 Å². The number of benzene rings is 1. The van der Waals surface area contributed by atoms with Gasteiger partial charge in [0.05, 0.1) is 12.2 Å². The molecular formula is C11H15IO. The van der Waals surface area contributed by atoms with Crippen LogP contribution in [0.15, 0.2) is 30.3 Å². The molecule has 0 fully saturated rings. The van der Waals surface area contributed by atoms with Gasteiger partial charge in [-0.25, -0.2) is 0 Å². The molecular weight excluding hydrogens is 275 g/mol. The zero-order valence-corrected chi connectivity index (χ0v) is 10.2. The Kier molecular flexibility index (Phi) is 4.19. The lowest BCUT2D eigenvalue weighted by molar-refractivity contribution is -0.00907. The molecule has 0 aliphatic rings. The average Bonchev–Trinajstić information content (AvgIpc) is 2.17. The number of hydrogen-bond donors (Lipinski definition) is 0. The second-order valence-electron chi connectivity index (χ2n) is 3.67. The molecule has 0 atom stereocenters. The van der Waals surface area contributed by atoms with Crippen LogP contribution in [0.4, 0.5) is 0 Å². The quantitative estimate of drug-likeness (QED) is 0.610. The maximum Gasteiger partial charge on any atom is 0.0724 e. The second kappa shape index (κ2) is 4.96. The maximum absolute atomic E-state index is 5.76. The van der Waals surface area contributed by atoms with Crippen LogP contribution in [0, 0.1) is 0 Å². The van der Waals surface area contributed by atoms with Gasteiger partial charge < -0.3 is 4.74 Å². The summed E-state index contributed by atoms with van der Waals surface area (Å²) in [6.07, 6.45) is 0. The van der Waals surface area contributed by atoms with E-state index < -0.39 is 0 Å². The van der Waals surface area contributed by atoms with Crippen molar-refractivity contribution in [2.24, 2.45) is 0 Å². The van der Waals surface area contributed by atoms with Crippen molar-refractivity contribution in [1.82, 2.24) is 0 Å². The van der Waals surface area contributed by atoms with Crippen molar-refractivity contribution in [3.63, 3.8) is 0 Å². The molecule has 0 saturated heterocycles. The van der Waals surface area contributed by atoms with Crippen molar-refractivity contribution < 1.29 is 4.74 Å². The molecule has 1 aromatic rings. The summed E-state index contributed by atoms with van der Waals surface area (Å²) in [6, 6.07) is 10.3. The normalized spacial score (nSPS) is 11.6. The van der Waals surface area contributed by atoms with Crippen LogP contribution in [-0.4, -0.2) is 10.0 Å². The fraction of sp³-hybridized carbons (Fsp3) is 0.455. The lowest BCUT2D eigenvalue weighted by atomic mass is 10.2. The fourth-order valence-electron chi connectivity index (χ4n) is 0.892. The Bertz CT molecular complexity index is 244. The SMILES string of the molecule is CC(C)(CI)OCc1ccccc1. The third-order valence-electron chi connectivity index (χ3n) is 1.79. The zero-order valence-electron chi connectivity index (χ0n) is 8.09. The Morgan fingerprint density at radius 3 is 2.38 bits per heavy atom. The van der Waals surface area contributed by atoms with Crippen LogP contribution in [0.2, 0.25) is 0 Å². The molecule has 0 aliphatic heterocycles. The van der Waals surface area contributed by atoms with Gasteiger partial charge in [-0.15, -0.1) is 0 Å². The lowest BCUT2D eigenvalue weighted by Gasteiger charge is -2.22. The Morgan fingerprint density at radius 1 is 1.23 bits per heavy atom. The minimum Gasteiger partial charge on any atom is -0.370 e. The topological polar surface area (TPSA) is 9.23 Å². The van der Waals surface area contributed by atoms with Crippen LogP contribution in [0.5, 0.6) is 0 Å². The highest BCUT2D eigenvalue weighted by molar-refractivity contribution is 14.1. The Hall–Kier alpha value is -0.0900. The van der Waals surface area contributed by atoms with Gasteiger partial charge in [-0.1, -0.05) is 52.9 Å². The number of alkyl halides is 1. The molecule has 72 valence electrons. The highest BCUT2D eigenvalue weighted by atomic mass is 127. The van der Waals surface area contributed by atoms with E-state index in [0.717, 1.165) is 4.43 Å². The van der Waals surface area contributed by atoms with E-state index in [1.54, 1.807) is 0 Å². The van der Waals surface area contributed by atoms with Crippen LogP contribution in [0.25, 0.3) is 0 Å². The number of rotatable bonds is 4. The predicted octanol–water partition coefficient (Wildman–Crippen LogP) is 3.42. The number of ether oxygens (including phenoxy) is 1. The molecule has 0 saturated carbocycles. The van der Waals surface area contributed by atoms with Crippen molar-refractivity contribution in [3.05, 3.63) is 35.9 Å². The monoisotopic (exact) mass is 290 g/mol. The van der Waals surface area contributed by atoms with Crippen LogP contribution in [0.1, 0.15) is 19.4 Å². The maximum atomic E-state index is 5.76. The van der Waals surface area contributed by atoms with Crippen molar-refractivity contribution in [3.8, 4) is 0 Å². The fourth-order valence-corrected chi connectivity index (χ4v) is 1.11. The van der Waals surface area contributed by atoms with Gasteiger partial charge in [-0.3, -0.25) is 0 Å². The van der Waals surface area contributed by atoms with E-state index in [2.05, 4.69) is 48.6 Å². The predicted molar refractivity (Wildman–Crippen MR) is 64.2 cm³/mol. The first-order valence-corrected chi connectivity index (χ1v) is 5.90. The molecule has 1 nitrogen and oxygen atoms in total. The molecule has 1 aromatic carbocycles. The molecule has 0 heterocycles.